The molecular weight excluding hydrogens is 239 g/mol. The fourth-order valence-corrected chi connectivity index (χ4v) is 2.53. The third kappa shape index (κ3) is 2.97. The second-order valence-corrected chi connectivity index (χ2v) is 4.80. The molecule has 0 aliphatic carbocycles. The molecule has 0 bridgehead atoms. The molecule has 1 N–H and O–H groups in total. The van der Waals surface area contributed by atoms with Gasteiger partial charge in [-0.25, -0.2) is 4.39 Å². The van der Waals surface area contributed by atoms with Gasteiger partial charge in [-0.15, -0.1) is 0 Å². The van der Waals surface area contributed by atoms with E-state index in [-0.39, 0.29) is 10.8 Å². The van der Waals surface area contributed by atoms with Gasteiger partial charge in [-0.3, -0.25) is 4.90 Å². The quantitative estimate of drug-likeness (QED) is 0.891. The van der Waals surface area contributed by atoms with E-state index in [2.05, 4.69) is 17.1 Å². The van der Waals surface area contributed by atoms with E-state index in [9.17, 15) is 4.39 Å². The molecule has 0 spiro atoms. The predicted molar refractivity (Wildman–Crippen MR) is 68.8 cm³/mol. The number of benzene rings is 1. The Hall–Kier alpha value is -0.640. The highest BCUT2D eigenvalue weighted by atomic mass is 35.5. The number of likely N-dealkylation sites (N-methyl/N-ethyl adjacent to an activating group) is 1. The standard InChI is InChI=1S/C13H18ClFN2/c1-2-17(11-6-7-16-8-11)9-10-4-3-5-12(15)13(10)14/h3-5,11,16H,2,6-9H2,1H3. The number of hydrogen-bond donors (Lipinski definition) is 1. The molecule has 1 aliphatic heterocycles. The zero-order valence-electron chi connectivity index (χ0n) is 10.0. The Morgan fingerprint density at radius 2 is 2.35 bits per heavy atom. The van der Waals surface area contributed by atoms with Crippen molar-refractivity contribution in [1.29, 1.82) is 0 Å². The van der Waals surface area contributed by atoms with E-state index in [1.54, 1.807) is 6.07 Å². The minimum absolute atomic E-state index is 0.261. The Morgan fingerprint density at radius 3 is 3.00 bits per heavy atom. The van der Waals surface area contributed by atoms with Crippen LogP contribution in [0.25, 0.3) is 0 Å². The molecule has 2 rings (SSSR count). The van der Waals surface area contributed by atoms with Crippen molar-refractivity contribution < 1.29 is 4.39 Å². The number of halogens is 2. The molecule has 1 fully saturated rings. The van der Waals surface area contributed by atoms with E-state index in [0.717, 1.165) is 38.2 Å². The molecule has 4 heteroatoms. The summed E-state index contributed by atoms with van der Waals surface area (Å²) in [5.41, 5.74) is 0.875. The van der Waals surface area contributed by atoms with Crippen molar-refractivity contribution in [3.8, 4) is 0 Å². The van der Waals surface area contributed by atoms with E-state index < -0.39 is 0 Å². The summed E-state index contributed by atoms with van der Waals surface area (Å²) in [5.74, 6) is -0.329. The smallest absolute Gasteiger partial charge is 0.142 e. The Kier molecular flexibility index (Phi) is 4.37. The summed E-state index contributed by atoms with van der Waals surface area (Å²) in [7, 11) is 0. The Morgan fingerprint density at radius 1 is 1.53 bits per heavy atom. The first-order valence-electron chi connectivity index (χ1n) is 6.10. The number of nitrogens with zero attached hydrogens (tertiary/aromatic N) is 1. The van der Waals surface area contributed by atoms with Crippen LogP contribution < -0.4 is 5.32 Å². The summed E-state index contributed by atoms with van der Waals surface area (Å²) in [6, 6.07) is 5.56. The predicted octanol–water partition coefficient (Wildman–Crippen LogP) is 2.66. The first kappa shape index (κ1) is 12.8. The summed E-state index contributed by atoms with van der Waals surface area (Å²) in [5, 5.41) is 3.61. The van der Waals surface area contributed by atoms with Gasteiger partial charge in [0, 0.05) is 19.1 Å². The van der Waals surface area contributed by atoms with Crippen molar-refractivity contribution in [2.45, 2.75) is 25.9 Å². The first-order chi connectivity index (χ1) is 8.22. The van der Waals surface area contributed by atoms with Gasteiger partial charge in [0.05, 0.1) is 5.02 Å². The number of hydrogen-bond acceptors (Lipinski definition) is 2. The average Bonchev–Trinajstić information content (AvgIpc) is 2.85. The van der Waals surface area contributed by atoms with Crippen LogP contribution in [0.1, 0.15) is 18.9 Å². The molecule has 0 aromatic heterocycles. The van der Waals surface area contributed by atoms with Gasteiger partial charge in [0.1, 0.15) is 5.82 Å². The Balaban J connectivity index is 2.09. The Bertz CT molecular complexity index is 378. The van der Waals surface area contributed by atoms with Crippen molar-refractivity contribution in [3.63, 3.8) is 0 Å². The van der Waals surface area contributed by atoms with Crippen molar-refractivity contribution in [2.24, 2.45) is 0 Å². The van der Waals surface area contributed by atoms with Crippen LogP contribution in [-0.2, 0) is 6.54 Å². The monoisotopic (exact) mass is 256 g/mol. The normalized spacial score (nSPS) is 20.1. The lowest BCUT2D eigenvalue weighted by Crippen LogP contribution is -2.36. The van der Waals surface area contributed by atoms with Crippen LogP contribution in [0.15, 0.2) is 18.2 Å². The number of nitrogens with one attached hydrogen (secondary N) is 1. The summed E-state index contributed by atoms with van der Waals surface area (Å²) in [6.45, 7) is 5.89. The van der Waals surface area contributed by atoms with Crippen LogP contribution in [0.2, 0.25) is 5.02 Å². The van der Waals surface area contributed by atoms with Crippen LogP contribution >= 0.6 is 11.6 Å². The van der Waals surface area contributed by atoms with Crippen LogP contribution in [-0.4, -0.2) is 30.6 Å². The summed E-state index contributed by atoms with van der Waals surface area (Å²) < 4.78 is 13.3. The van der Waals surface area contributed by atoms with Gasteiger partial charge in [0.15, 0.2) is 0 Å². The van der Waals surface area contributed by atoms with Crippen molar-refractivity contribution in [1.82, 2.24) is 10.2 Å². The number of rotatable bonds is 4. The molecular formula is C13H18ClFN2. The van der Waals surface area contributed by atoms with Gasteiger partial charge in [0.25, 0.3) is 0 Å². The Labute approximate surface area is 107 Å². The largest absolute Gasteiger partial charge is 0.315 e. The molecule has 1 atom stereocenters. The lowest BCUT2D eigenvalue weighted by molar-refractivity contribution is 0.210. The lowest BCUT2D eigenvalue weighted by Gasteiger charge is -2.27. The van der Waals surface area contributed by atoms with Crippen molar-refractivity contribution >= 4 is 11.6 Å². The molecule has 0 radical (unpaired) electrons. The molecule has 1 aromatic rings. The van der Waals surface area contributed by atoms with Crippen LogP contribution in [0.4, 0.5) is 4.39 Å². The zero-order valence-corrected chi connectivity index (χ0v) is 10.8. The molecule has 94 valence electrons. The summed E-state index contributed by atoms with van der Waals surface area (Å²) in [4.78, 5) is 2.35. The SMILES string of the molecule is CCN(Cc1cccc(F)c1Cl)C1CCNC1. The summed E-state index contributed by atoms with van der Waals surface area (Å²) >= 11 is 5.98. The fourth-order valence-electron chi connectivity index (χ4n) is 2.34. The van der Waals surface area contributed by atoms with Gasteiger partial charge in [0.2, 0.25) is 0 Å². The fraction of sp³-hybridized carbons (Fsp3) is 0.538. The summed E-state index contributed by atoms with van der Waals surface area (Å²) in [6.07, 6.45) is 1.15. The third-order valence-electron chi connectivity index (χ3n) is 3.36. The lowest BCUT2D eigenvalue weighted by atomic mass is 10.1. The molecule has 1 unspecified atom stereocenters. The van der Waals surface area contributed by atoms with Gasteiger partial charge in [-0.1, -0.05) is 30.7 Å². The highest BCUT2D eigenvalue weighted by Crippen LogP contribution is 2.22. The van der Waals surface area contributed by atoms with Gasteiger partial charge >= 0.3 is 0 Å². The first-order valence-corrected chi connectivity index (χ1v) is 6.47. The van der Waals surface area contributed by atoms with E-state index in [4.69, 9.17) is 11.6 Å². The zero-order chi connectivity index (χ0) is 12.3. The maximum absolute atomic E-state index is 13.3. The molecule has 0 saturated carbocycles. The van der Waals surface area contributed by atoms with Gasteiger partial charge < -0.3 is 5.32 Å². The molecule has 1 aliphatic rings. The second kappa shape index (κ2) is 5.80. The molecule has 1 heterocycles. The molecule has 2 nitrogen and oxygen atoms in total. The molecule has 1 aromatic carbocycles. The average molecular weight is 257 g/mol. The maximum Gasteiger partial charge on any atom is 0.142 e. The van der Waals surface area contributed by atoms with E-state index >= 15 is 0 Å². The van der Waals surface area contributed by atoms with Gasteiger partial charge in [-0.2, -0.15) is 0 Å². The van der Waals surface area contributed by atoms with Crippen molar-refractivity contribution in [2.75, 3.05) is 19.6 Å². The third-order valence-corrected chi connectivity index (χ3v) is 3.79. The molecule has 1 saturated heterocycles. The van der Waals surface area contributed by atoms with E-state index in [1.807, 2.05) is 6.07 Å². The van der Waals surface area contributed by atoms with Crippen LogP contribution in [0.3, 0.4) is 0 Å². The van der Waals surface area contributed by atoms with Crippen LogP contribution in [0, 0.1) is 5.82 Å². The minimum Gasteiger partial charge on any atom is -0.315 e. The maximum atomic E-state index is 13.3. The topological polar surface area (TPSA) is 15.3 Å². The van der Waals surface area contributed by atoms with E-state index in [1.165, 1.54) is 6.07 Å². The van der Waals surface area contributed by atoms with Crippen molar-refractivity contribution in [3.05, 3.63) is 34.6 Å². The molecule has 0 amide bonds. The highest BCUT2D eigenvalue weighted by molar-refractivity contribution is 6.31. The second-order valence-electron chi connectivity index (χ2n) is 4.42. The van der Waals surface area contributed by atoms with Gasteiger partial charge in [-0.05, 0) is 31.1 Å². The van der Waals surface area contributed by atoms with Crippen LogP contribution in [0.5, 0.6) is 0 Å². The highest BCUT2D eigenvalue weighted by Gasteiger charge is 2.21. The minimum atomic E-state index is -0.329. The van der Waals surface area contributed by atoms with E-state index in [0.29, 0.717) is 6.04 Å². The molecule has 17 heavy (non-hydrogen) atoms.